The summed E-state index contributed by atoms with van der Waals surface area (Å²) in [6, 6.07) is 10.2. The van der Waals surface area contributed by atoms with Crippen molar-refractivity contribution in [1.29, 1.82) is 0 Å². The maximum absolute atomic E-state index is 6.25. The largest absolute Gasteiger partial charge is 0.300 e. The van der Waals surface area contributed by atoms with Crippen LogP contribution >= 0.6 is 23.4 Å². The third-order valence-corrected chi connectivity index (χ3v) is 3.63. The Kier molecular flexibility index (Phi) is 5.38. The van der Waals surface area contributed by atoms with Gasteiger partial charge in [-0.25, -0.2) is 0 Å². The lowest BCUT2D eigenvalue weighted by atomic mass is 10.2. The van der Waals surface area contributed by atoms with Crippen molar-refractivity contribution in [1.82, 2.24) is 4.90 Å². The van der Waals surface area contributed by atoms with Crippen LogP contribution in [0.15, 0.2) is 30.3 Å². The Balaban J connectivity index is 2.32. The molecule has 0 aromatic heterocycles. The molecule has 0 N–H and O–H groups in total. The molecule has 0 aliphatic heterocycles. The highest BCUT2D eigenvalue weighted by molar-refractivity contribution is 7.99. The minimum atomic E-state index is 0.126. The first-order valence-electron chi connectivity index (χ1n) is 4.61. The number of alkyl halides is 1. The molecule has 1 rings (SSSR count). The topological polar surface area (TPSA) is 3.24 Å². The molecule has 1 aromatic carbocycles. The molecule has 1 unspecified atom stereocenters. The fraction of sp³-hybridized carbons (Fsp3) is 0.455. The minimum absolute atomic E-state index is 0.126. The van der Waals surface area contributed by atoms with Crippen molar-refractivity contribution in [3.8, 4) is 0 Å². The number of thioether (sulfide) groups is 1. The van der Waals surface area contributed by atoms with E-state index < -0.39 is 0 Å². The summed E-state index contributed by atoms with van der Waals surface area (Å²) in [5.41, 5.74) is 1.21. The van der Waals surface area contributed by atoms with E-state index in [1.807, 2.05) is 30.0 Å². The predicted molar refractivity (Wildman–Crippen MR) is 66.0 cm³/mol. The van der Waals surface area contributed by atoms with E-state index in [2.05, 4.69) is 31.1 Å². The van der Waals surface area contributed by atoms with E-state index in [-0.39, 0.29) is 5.38 Å². The van der Waals surface area contributed by atoms with Gasteiger partial charge in [0, 0.05) is 11.6 Å². The highest BCUT2D eigenvalue weighted by Crippen LogP contribution is 2.24. The summed E-state index contributed by atoms with van der Waals surface area (Å²) in [5, 5.41) is 0.126. The van der Waals surface area contributed by atoms with Crippen LogP contribution < -0.4 is 0 Å². The minimum Gasteiger partial charge on any atom is -0.300 e. The van der Waals surface area contributed by atoms with E-state index >= 15 is 0 Å². The first kappa shape index (κ1) is 11.9. The number of hydrogen-bond donors (Lipinski definition) is 0. The summed E-state index contributed by atoms with van der Waals surface area (Å²) in [6.07, 6.45) is 0. The van der Waals surface area contributed by atoms with Gasteiger partial charge in [0.1, 0.15) is 0 Å². The van der Waals surface area contributed by atoms with Gasteiger partial charge in [0.05, 0.1) is 5.38 Å². The van der Waals surface area contributed by atoms with Crippen LogP contribution in [-0.2, 0) is 0 Å². The molecule has 0 aliphatic carbocycles. The summed E-state index contributed by atoms with van der Waals surface area (Å²) in [6.45, 7) is 0. The molecule has 0 aliphatic rings. The van der Waals surface area contributed by atoms with E-state index in [1.54, 1.807) is 0 Å². The predicted octanol–water partition coefficient (Wildman–Crippen LogP) is 3.22. The molecule has 1 atom stereocenters. The lowest BCUT2D eigenvalue weighted by Gasteiger charge is -2.12. The number of rotatable bonds is 5. The molecule has 1 aromatic rings. The highest BCUT2D eigenvalue weighted by Gasteiger charge is 2.06. The Morgan fingerprint density at radius 2 is 1.93 bits per heavy atom. The zero-order valence-corrected chi connectivity index (χ0v) is 10.2. The zero-order chi connectivity index (χ0) is 10.4. The first-order chi connectivity index (χ1) is 6.70. The van der Waals surface area contributed by atoms with Crippen LogP contribution in [0.4, 0.5) is 0 Å². The molecule has 0 spiro atoms. The average molecular weight is 230 g/mol. The summed E-state index contributed by atoms with van der Waals surface area (Å²) >= 11 is 8.11. The van der Waals surface area contributed by atoms with Gasteiger partial charge >= 0.3 is 0 Å². The molecule has 0 radical (unpaired) electrons. The smallest absolute Gasteiger partial charge is 0.0676 e. The lowest BCUT2D eigenvalue weighted by molar-refractivity contribution is 0.485. The molecule has 0 bridgehead atoms. The molecule has 0 heterocycles. The highest BCUT2D eigenvalue weighted by atomic mass is 35.5. The molecule has 0 saturated heterocycles. The Bertz CT molecular complexity index is 251. The van der Waals surface area contributed by atoms with Crippen LogP contribution in [0.1, 0.15) is 10.9 Å². The molecular formula is C11H16ClNS. The number of halogens is 1. The quantitative estimate of drug-likeness (QED) is 0.564. The summed E-state index contributed by atoms with van der Waals surface area (Å²) in [7, 11) is 4.14. The van der Waals surface area contributed by atoms with E-state index in [0.717, 1.165) is 11.6 Å². The standard InChI is InChI=1S/C11H16ClNS/c1-13(2)9-14-8-11(12)10-6-4-3-5-7-10/h3-7,11H,8-9H2,1-2H3. The van der Waals surface area contributed by atoms with E-state index in [9.17, 15) is 0 Å². The van der Waals surface area contributed by atoms with Crippen molar-refractivity contribution >= 4 is 23.4 Å². The summed E-state index contributed by atoms with van der Waals surface area (Å²) < 4.78 is 0. The SMILES string of the molecule is CN(C)CSCC(Cl)c1ccccc1. The van der Waals surface area contributed by atoms with Crippen LogP contribution in [-0.4, -0.2) is 30.6 Å². The Hall–Kier alpha value is -0.180. The number of benzene rings is 1. The first-order valence-corrected chi connectivity index (χ1v) is 6.20. The van der Waals surface area contributed by atoms with Gasteiger partial charge in [0.25, 0.3) is 0 Å². The number of hydrogen-bond acceptors (Lipinski definition) is 2. The second kappa shape index (κ2) is 6.33. The van der Waals surface area contributed by atoms with Gasteiger partial charge in [-0.3, -0.25) is 0 Å². The third kappa shape index (κ3) is 4.36. The normalized spacial score (nSPS) is 13.1. The molecule has 0 fully saturated rings. The second-order valence-corrected chi connectivity index (χ2v) is 4.98. The Morgan fingerprint density at radius 1 is 1.29 bits per heavy atom. The monoisotopic (exact) mass is 229 g/mol. The van der Waals surface area contributed by atoms with Gasteiger partial charge in [0.15, 0.2) is 0 Å². The van der Waals surface area contributed by atoms with Gasteiger partial charge in [-0.2, -0.15) is 0 Å². The van der Waals surface area contributed by atoms with Crippen LogP contribution in [0.2, 0.25) is 0 Å². The van der Waals surface area contributed by atoms with Crippen molar-refractivity contribution in [2.45, 2.75) is 5.38 Å². The van der Waals surface area contributed by atoms with E-state index in [1.165, 1.54) is 5.56 Å². The maximum Gasteiger partial charge on any atom is 0.0676 e. The second-order valence-electron chi connectivity index (χ2n) is 3.46. The summed E-state index contributed by atoms with van der Waals surface area (Å²) in [4.78, 5) is 2.15. The molecule has 0 amide bonds. The molecule has 14 heavy (non-hydrogen) atoms. The molecule has 0 saturated carbocycles. The molecule has 78 valence electrons. The fourth-order valence-electron chi connectivity index (χ4n) is 1.10. The van der Waals surface area contributed by atoms with Gasteiger partial charge in [0.2, 0.25) is 0 Å². The molecule has 3 heteroatoms. The van der Waals surface area contributed by atoms with Crippen molar-refractivity contribution in [3.05, 3.63) is 35.9 Å². The van der Waals surface area contributed by atoms with Crippen LogP contribution in [0, 0.1) is 0 Å². The van der Waals surface area contributed by atoms with Crippen molar-refractivity contribution in [2.24, 2.45) is 0 Å². The van der Waals surface area contributed by atoms with Crippen molar-refractivity contribution in [2.75, 3.05) is 25.7 Å². The van der Waals surface area contributed by atoms with Crippen LogP contribution in [0.5, 0.6) is 0 Å². The zero-order valence-electron chi connectivity index (χ0n) is 8.61. The Labute approximate surface area is 95.4 Å². The van der Waals surface area contributed by atoms with Crippen molar-refractivity contribution < 1.29 is 0 Å². The fourth-order valence-corrected chi connectivity index (χ4v) is 2.38. The van der Waals surface area contributed by atoms with Crippen molar-refractivity contribution in [3.63, 3.8) is 0 Å². The molecular weight excluding hydrogens is 214 g/mol. The van der Waals surface area contributed by atoms with E-state index in [0.29, 0.717) is 0 Å². The van der Waals surface area contributed by atoms with Gasteiger partial charge in [-0.05, 0) is 19.7 Å². The Morgan fingerprint density at radius 3 is 2.50 bits per heavy atom. The number of nitrogens with zero attached hydrogens (tertiary/aromatic N) is 1. The van der Waals surface area contributed by atoms with Crippen LogP contribution in [0.3, 0.4) is 0 Å². The van der Waals surface area contributed by atoms with E-state index in [4.69, 9.17) is 11.6 Å². The van der Waals surface area contributed by atoms with Gasteiger partial charge in [-0.1, -0.05) is 30.3 Å². The van der Waals surface area contributed by atoms with Gasteiger partial charge in [-0.15, -0.1) is 23.4 Å². The maximum atomic E-state index is 6.25. The summed E-state index contributed by atoms with van der Waals surface area (Å²) in [5.74, 6) is 1.99. The van der Waals surface area contributed by atoms with Crippen LogP contribution in [0.25, 0.3) is 0 Å². The lowest BCUT2D eigenvalue weighted by Crippen LogP contribution is -2.11. The average Bonchev–Trinajstić information content (AvgIpc) is 2.18. The van der Waals surface area contributed by atoms with Gasteiger partial charge < -0.3 is 4.90 Å². The third-order valence-electron chi connectivity index (χ3n) is 1.77. The molecule has 1 nitrogen and oxygen atoms in total.